The summed E-state index contributed by atoms with van der Waals surface area (Å²) in [5, 5.41) is 0. The van der Waals surface area contributed by atoms with Gasteiger partial charge in [0.05, 0.1) is 0 Å². The Labute approximate surface area is 118 Å². The van der Waals surface area contributed by atoms with E-state index in [1.54, 1.807) is 19.1 Å². The largest absolute Gasteiger partial charge is 0.264 e. The van der Waals surface area contributed by atoms with E-state index in [2.05, 4.69) is 19.7 Å². The fourth-order valence-electron chi connectivity index (χ4n) is 1.60. The number of hydrogen-bond acceptors (Lipinski definition) is 5. The molecule has 0 amide bonds. The molecular formula is C13H16N4O2S. The molecule has 0 aliphatic carbocycles. The number of aromatic nitrogens is 3. The van der Waals surface area contributed by atoms with E-state index in [9.17, 15) is 8.42 Å². The van der Waals surface area contributed by atoms with Crippen LogP contribution < -0.4 is 4.72 Å². The molecule has 0 unspecified atom stereocenters. The molecule has 106 valence electrons. The predicted octanol–water partition coefficient (Wildman–Crippen LogP) is 2.10. The molecule has 7 heteroatoms. The van der Waals surface area contributed by atoms with Crippen molar-refractivity contribution in [1.82, 2.24) is 15.0 Å². The van der Waals surface area contributed by atoms with Crippen molar-refractivity contribution in [3.63, 3.8) is 0 Å². The van der Waals surface area contributed by atoms with Crippen LogP contribution in [0.4, 0.5) is 5.82 Å². The highest BCUT2D eigenvalue weighted by atomic mass is 32.2. The van der Waals surface area contributed by atoms with Gasteiger partial charge in [0, 0.05) is 30.1 Å². The average Bonchev–Trinajstić information content (AvgIpc) is 2.38. The molecule has 6 nitrogen and oxygen atoms in total. The summed E-state index contributed by atoms with van der Waals surface area (Å²) in [5.41, 5.74) is 0.715. The van der Waals surface area contributed by atoms with Crippen molar-refractivity contribution >= 4 is 15.8 Å². The second kappa shape index (κ2) is 5.54. The zero-order valence-electron chi connectivity index (χ0n) is 11.5. The molecule has 0 aromatic carbocycles. The molecule has 0 bridgehead atoms. The van der Waals surface area contributed by atoms with Gasteiger partial charge in [0.1, 0.15) is 16.5 Å². The molecule has 1 N–H and O–H groups in total. The summed E-state index contributed by atoms with van der Waals surface area (Å²) < 4.78 is 26.8. The molecule has 0 spiro atoms. The van der Waals surface area contributed by atoms with E-state index < -0.39 is 10.0 Å². The predicted molar refractivity (Wildman–Crippen MR) is 75.9 cm³/mol. The van der Waals surface area contributed by atoms with E-state index in [-0.39, 0.29) is 16.6 Å². The van der Waals surface area contributed by atoms with E-state index in [0.717, 1.165) is 0 Å². The van der Waals surface area contributed by atoms with Gasteiger partial charge in [-0.3, -0.25) is 9.71 Å². The van der Waals surface area contributed by atoms with E-state index in [4.69, 9.17) is 0 Å². The van der Waals surface area contributed by atoms with E-state index in [1.807, 2.05) is 13.8 Å². The molecule has 2 aromatic rings. The van der Waals surface area contributed by atoms with Crippen molar-refractivity contribution in [1.29, 1.82) is 0 Å². The topological polar surface area (TPSA) is 84.8 Å². The van der Waals surface area contributed by atoms with Crippen molar-refractivity contribution in [3.05, 3.63) is 42.1 Å². The molecule has 2 aromatic heterocycles. The maximum Gasteiger partial charge on any atom is 0.264 e. The third-order valence-corrected chi connectivity index (χ3v) is 3.91. The summed E-state index contributed by atoms with van der Waals surface area (Å²) in [6.07, 6.45) is 2.81. The first-order valence-corrected chi connectivity index (χ1v) is 7.65. The fraction of sp³-hybridized carbons (Fsp3) is 0.308. The Morgan fingerprint density at radius 3 is 2.60 bits per heavy atom. The minimum Gasteiger partial charge on any atom is -0.263 e. The molecule has 0 aliphatic heterocycles. The first-order chi connectivity index (χ1) is 9.38. The lowest BCUT2D eigenvalue weighted by Gasteiger charge is -2.10. The molecule has 0 saturated heterocycles. The molecule has 2 rings (SSSR count). The SMILES string of the molecule is Cc1cc(NS(=O)(=O)c2cccnc2)nc(C(C)C)n1. The number of pyridine rings is 1. The van der Waals surface area contributed by atoms with Crippen LogP contribution in [0.2, 0.25) is 0 Å². The van der Waals surface area contributed by atoms with Crippen LogP contribution >= 0.6 is 0 Å². The van der Waals surface area contributed by atoms with E-state index in [1.165, 1.54) is 18.5 Å². The van der Waals surface area contributed by atoms with E-state index >= 15 is 0 Å². The summed E-state index contributed by atoms with van der Waals surface area (Å²) in [6.45, 7) is 5.71. The summed E-state index contributed by atoms with van der Waals surface area (Å²) in [7, 11) is -3.68. The quantitative estimate of drug-likeness (QED) is 0.932. The summed E-state index contributed by atoms with van der Waals surface area (Å²) in [6, 6.07) is 4.64. The molecule has 0 atom stereocenters. The highest BCUT2D eigenvalue weighted by Crippen LogP contribution is 2.17. The number of anilines is 1. The lowest BCUT2D eigenvalue weighted by Crippen LogP contribution is -2.15. The monoisotopic (exact) mass is 292 g/mol. The van der Waals surface area contributed by atoms with Crippen molar-refractivity contribution in [2.75, 3.05) is 4.72 Å². The molecule has 20 heavy (non-hydrogen) atoms. The normalized spacial score (nSPS) is 11.6. The number of nitrogens with one attached hydrogen (secondary N) is 1. The van der Waals surface area contributed by atoms with Gasteiger partial charge in [-0.15, -0.1) is 0 Å². The van der Waals surface area contributed by atoms with Gasteiger partial charge in [-0.05, 0) is 19.1 Å². The van der Waals surface area contributed by atoms with Gasteiger partial charge < -0.3 is 0 Å². The van der Waals surface area contributed by atoms with Gasteiger partial charge in [-0.2, -0.15) is 0 Å². The second-order valence-electron chi connectivity index (χ2n) is 4.70. The molecule has 0 saturated carbocycles. The van der Waals surface area contributed by atoms with Crippen LogP contribution in [0, 0.1) is 6.92 Å². The number of sulfonamides is 1. The second-order valence-corrected chi connectivity index (χ2v) is 6.38. The highest BCUT2D eigenvalue weighted by Gasteiger charge is 2.16. The molecule has 0 fully saturated rings. The smallest absolute Gasteiger partial charge is 0.263 e. The van der Waals surface area contributed by atoms with Crippen molar-refractivity contribution in [3.8, 4) is 0 Å². The lowest BCUT2D eigenvalue weighted by molar-refractivity contribution is 0.600. The van der Waals surface area contributed by atoms with Crippen molar-refractivity contribution < 1.29 is 8.42 Å². The molecule has 0 radical (unpaired) electrons. The van der Waals surface area contributed by atoms with Crippen LogP contribution in [-0.2, 0) is 10.0 Å². The lowest BCUT2D eigenvalue weighted by atomic mass is 10.2. The minimum absolute atomic E-state index is 0.0994. The standard InChI is InChI=1S/C13H16N4O2S/c1-9(2)13-15-10(3)7-12(16-13)17-20(18,19)11-5-4-6-14-8-11/h4-9H,1-3H3,(H,15,16,17). The summed E-state index contributed by atoms with van der Waals surface area (Å²) in [5.74, 6) is 0.996. The highest BCUT2D eigenvalue weighted by molar-refractivity contribution is 7.92. The Morgan fingerprint density at radius 1 is 1.25 bits per heavy atom. The van der Waals surface area contributed by atoms with E-state index in [0.29, 0.717) is 11.5 Å². The number of aryl methyl sites for hydroxylation is 1. The van der Waals surface area contributed by atoms with Gasteiger partial charge in [0.15, 0.2) is 0 Å². The molecular weight excluding hydrogens is 276 g/mol. The van der Waals surface area contributed by atoms with Gasteiger partial charge in [0.2, 0.25) is 0 Å². The van der Waals surface area contributed by atoms with Crippen LogP contribution in [0.15, 0.2) is 35.5 Å². The Morgan fingerprint density at radius 2 is 2.00 bits per heavy atom. The maximum atomic E-state index is 12.2. The van der Waals surface area contributed by atoms with Crippen LogP contribution in [-0.4, -0.2) is 23.4 Å². The molecule has 0 aliphatic rings. The third-order valence-electron chi connectivity index (χ3n) is 2.57. The Bertz CT molecular complexity index is 700. The third kappa shape index (κ3) is 3.30. The zero-order valence-corrected chi connectivity index (χ0v) is 12.3. The van der Waals surface area contributed by atoms with Crippen molar-refractivity contribution in [2.45, 2.75) is 31.6 Å². The van der Waals surface area contributed by atoms with Crippen LogP contribution in [0.5, 0.6) is 0 Å². The van der Waals surface area contributed by atoms with Crippen LogP contribution in [0.25, 0.3) is 0 Å². The van der Waals surface area contributed by atoms with Gasteiger partial charge in [-0.25, -0.2) is 18.4 Å². The fourth-order valence-corrected chi connectivity index (χ4v) is 2.56. The van der Waals surface area contributed by atoms with Gasteiger partial charge in [0.25, 0.3) is 10.0 Å². The number of hydrogen-bond donors (Lipinski definition) is 1. The zero-order chi connectivity index (χ0) is 14.8. The number of rotatable bonds is 4. The first kappa shape index (κ1) is 14.4. The average molecular weight is 292 g/mol. The molecule has 2 heterocycles. The van der Waals surface area contributed by atoms with Crippen LogP contribution in [0.1, 0.15) is 31.3 Å². The summed E-state index contributed by atoms with van der Waals surface area (Å²) in [4.78, 5) is 12.4. The van der Waals surface area contributed by atoms with Crippen molar-refractivity contribution in [2.24, 2.45) is 0 Å². The Kier molecular flexibility index (Phi) is 3.99. The van der Waals surface area contributed by atoms with Gasteiger partial charge >= 0.3 is 0 Å². The minimum atomic E-state index is -3.68. The Balaban J connectivity index is 2.35. The van der Waals surface area contributed by atoms with Crippen LogP contribution in [0.3, 0.4) is 0 Å². The first-order valence-electron chi connectivity index (χ1n) is 6.17. The Hall–Kier alpha value is -2.02. The summed E-state index contributed by atoms with van der Waals surface area (Å²) >= 11 is 0. The maximum absolute atomic E-state index is 12.2. The number of nitrogens with zero attached hydrogens (tertiary/aromatic N) is 3. The van der Waals surface area contributed by atoms with Gasteiger partial charge in [-0.1, -0.05) is 13.8 Å².